The van der Waals surface area contributed by atoms with Crippen LogP contribution in [0.5, 0.6) is 0 Å². The minimum absolute atomic E-state index is 0.503. The smallest absolute Gasteiger partial charge is 0.140 e. The van der Waals surface area contributed by atoms with Crippen molar-refractivity contribution >= 4 is 16.9 Å². The van der Waals surface area contributed by atoms with E-state index >= 15 is 0 Å². The second-order valence-electron chi connectivity index (χ2n) is 5.65. The van der Waals surface area contributed by atoms with Gasteiger partial charge in [-0.25, -0.2) is 9.97 Å². The molecule has 1 aliphatic heterocycles. The number of hydrogen-bond donors (Lipinski definition) is 2. The first-order valence-electron chi connectivity index (χ1n) is 7.77. The molecule has 1 aliphatic rings. The zero-order valence-electron chi connectivity index (χ0n) is 12.4. The molecular weight excluding hydrogens is 274 g/mol. The van der Waals surface area contributed by atoms with Crippen LogP contribution in [0.25, 0.3) is 16.9 Å². The number of hydrogen-bond acceptors (Lipinski definition) is 4. The number of nitrogens with one attached hydrogen (secondary N) is 2. The summed E-state index contributed by atoms with van der Waals surface area (Å²) < 4.78 is 2.03. The van der Waals surface area contributed by atoms with Crippen LogP contribution in [0.3, 0.4) is 0 Å². The first kappa shape index (κ1) is 13.3. The summed E-state index contributed by atoms with van der Waals surface area (Å²) in [5, 5.41) is 6.93. The minimum atomic E-state index is 0.503. The summed E-state index contributed by atoms with van der Waals surface area (Å²) in [6, 6.07) is 14.7. The average molecular weight is 293 g/mol. The normalized spacial score (nSPS) is 16.0. The predicted octanol–water partition coefficient (Wildman–Crippen LogP) is 2.58. The number of imidazole rings is 1. The van der Waals surface area contributed by atoms with E-state index in [0.717, 1.165) is 48.6 Å². The molecule has 0 amide bonds. The minimum Gasteiger partial charge on any atom is -0.367 e. The van der Waals surface area contributed by atoms with Crippen molar-refractivity contribution in [3.63, 3.8) is 0 Å². The molecule has 0 unspecified atom stereocenters. The zero-order valence-corrected chi connectivity index (χ0v) is 12.4. The Bertz CT molecular complexity index is 773. The number of rotatable bonds is 3. The van der Waals surface area contributed by atoms with Crippen LogP contribution in [0, 0.1) is 0 Å². The molecule has 2 aromatic heterocycles. The molecule has 1 aromatic carbocycles. The van der Waals surface area contributed by atoms with Gasteiger partial charge in [-0.05, 0) is 50.2 Å². The maximum absolute atomic E-state index is 4.75. The van der Waals surface area contributed by atoms with Gasteiger partial charge in [0.1, 0.15) is 18.0 Å². The molecular formula is C17H19N5. The Morgan fingerprint density at radius 2 is 1.91 bits per heavy atom. The van der Waals surface area contributed by atoms with Crippen LogP contribution in [-0.2, 0) is 0 Å². The summed E-state index contributed by atoms with van der Waals surface area (Å²) in [4.78, 5) is 9.19. The van der Waals surface area contributed by atoms with Crippen LogP contribution in [0.15, 0.2) is 48.8 Å². The highest BCUT2D eigenvalue weighted by Gasteiger charge is 2.13. The van der Waals surface area contributed by atoms with E-state index in [9.17, 15) is 0 Å². The summed E-state index contributed by atoms with van der Waals surface area (Å²) in [5.41, 5.74) is 2.06. The Kier molecular flexibility index (Phi) is 3.48. The highest BCUT2D eigenvalue weighted by molar-refractivity contribution is 5.76. The number of benzene rings is 1. The van der Waals surface area contributed by atoms with Crippen molar-refractivity contribution in [3.8, 4) is 5.82 Å². The monoisotopic (exact) mass is 293 g/mol. The third-order valence-corrected chi connectivity index (χ3v) is 4.13. The van der Waals surface area contributed by atoms with Crippen molar-refractivity contribution in [2.45, 2.75) is 18.9 Å². The van der Waals surface area contributed by atoms with E-state index in [4.69, 9.17) is 4.98 Å². The van der Waals surface area contributed by atoms with Crippen LogP contribution in [0.4, 0.5) is 5.82 Å². The van der Waals surface area contributed by atoms with Crippen molar-refractivity contribution in [1.82, 2.24) is 19.9 Å². The topological polar surface area (TPSA) is 54.8 Å². The van der Waals surface area contributed by atoms with Gasteiger partial charge in [0.2, 0.25) is 0 Å². The molecule has 0 atom stereocenters. The van der Waals surface area contributed by atoms with Gasteiger partial charge in [0.25, 0.3) is 0 Å². The van der Waals surface area contributed by atoms with E-state index in [0.29, 0.717) is 6.04 Å². The lowest BCUT2D eigenvalue weighted by molar-refractivity contribution is 0.478. The molecule has 1 fully saturated rings. The first-order valence-corrected chi connectivity index (χ1v) is 7.77. The average Bonchev–Trinajstić information content (AvgIpc) is 3.00. The quantitative estimate of drug-likeness (QED) is 0.779. The molecule has 0 saturated carbocycles. The van der Waals surface area contributed by atoms with E-state index in [-0.39, 0.29) is 0 Å². The fourth-order valence-corrected chi connectivity index (χ4v) is 2.95. The number of fused-ring (bicyclic) bond motifs is 1. The molecule has 22 heavy (non-hydrogen) atoms. The Hall–Kier alpha value is -2.40. The standard InChI is InChI=1S/C17H19N5/c1-2-5-15-14(4-1)19-12-22(15)17-7-3-6-16(21-17)20-13-8-10-18-11-9-13/h1-7,12-13,18H,8-11H2,(H,20,21). The second kappa shape index (κ2) is 5.77. The molecule has 0 aliphatic carbocycles. The van der Waals surface area contributed by atoms with E-state index in [1.54, 1.807) is 0 Å². The molecule has 4 rings (SSSR count). The number of pyridine rings is 1. The van der Waals surface area contributed by atoms with Crippen molar-refractivity contribution in [2.75, 3.05) is 18.4 Å². The molecule has 3 heterocycles. The van der Waals surface area contributed by atoms with E-state index in [2.05, 4.69) is 21.7 Å². The number of piperidine rings is 1. The molecule has 112 valence electrons. The van der Waals surface area contributed by atoms with Gasteiger partial charge in [-0.1, -0.05) is 18.2 Å². The van der Waals surface area contributed by atoms with Gasteiger partial charge in [-0.15, -0.1) is 0 Å². The fraction of sp³-hybridized carbons (Fsp3) is 0.294. The van der Waals surface area contributed by atoms with Crippen molar-refractivity contribution in [3.05, 3.63) is 48.8 Å². The Morgan fingerprint density at radius 3 is 2.82 bits per heavy atom. The van der Waals surface area contributed by atoms with Crippen molar-refractivity contribution < 1.29 is 0 Å². The molecule has 5 nitrogen and oxygen atoms in total. The predicted molar refractivity (Wildman–Crippen MR) is 88.4 cm³/mol. The fourth-order valence-electron chi connectivity index (χ4n) is 2.95. The Labute approximate surface area is 129 Å². The van der Waals surface area contributed by atoms with Crippen LogP contribution in [-0.4, -0.2) is 33.7 Å². The largest absolute Gasteiger partial charge is 0.367 e. The number of nitrogens with zero attached hydrogens (tertiary/aromatic N) is 3. The molecule has 1 saturated heterocycles. The second-order valence-corrected chi connectivity index (χ2v) is 5.65. The molecule has 0 radical (unpaired) electrons. The highest BCUT2D eigenvalue weighted by Crippen LogP contribution is 2.18. The Balaban J connectivity index is 1.63. The van der Waals surface area contributed by atoms with Gasteiger partial charge in [-0.3, -0.25) is 4.57 Å². The van der Waals surface area contributed by atoms with Gasteiger partial charge in [0.05, 0.1) is 11.0 Å². The van der Waals surface area contributed by atoms with Crippen LogP contribution < -0.4 is 10.6 Å². The molecule has 5 heteroatoms. The van der Waals surface area contributed by atoms with Crippen LogP contribution in [0.2, 0.25) is 0 Å². The lowest BCUT2D eigenvalue weighted by Crippen LogP contribution is -2.35. The number of aromatic nitrogens is 3. The lowest BCUT2D eigenvalue weighted by Gasteiger charge is -2.24. The summed E-state index contributed by atoms with van der Waals surface area (Å²) in [7, 11) is 0. The third kappa shape index (κ3) is 2.55. The van der Waals surface area contributed by atoms with Gasteiger partial charge in [0, 0.05) is 6.04 Å². The van der Waals surface area contributed by atoms with Crippen LogP contribution >= 0.6 is 0 Å². The van der Waals surface area contributed by atoms with Gasteiger partial charge in [-0.2, -0.15) is 0 Å². The van der Waals surface area contributed by atoms with Gasteiger partial charge >= 0.3 is 0 Å². The summed E-state index contributed by atoms with van der Waals surface area (Å²) in [6.07, 6.45) is 4.11. The maximum atomic E-state index is 4.75. The Morgan fingerprint density at radius 1 is 1.05 bits per heavy atom. The molecule has 3 aromatic rings. The SMILES string of the molecule is c1cc(NC2CCNCC2)nc(-n2cnc3ccccc32)c1. The lowest BCUT2D eigenvalue weighted by atomic mass is 10.1. The summed E-state index contributed by atoms with van der Waals surface area (Å²) >= 11 is 0. The number of para-hydroxylation sites is 2. The van der Waals surface area contributed by atoms with E-state index in [1.807, 2.05) is 47.3 Å². The van der Waals surface area contributed by atoms with Gasteiger partial charge < -0.3 is 10.6 Å². The maximum Gasteiger partial charge on any atom is 0.140 e. The summed E-state index contributed by atoms with van der Waals surface area (Å²) in [5.74, 6) is 1.83. The third-order valence-electron chi connectivity index (χ3n) is 4.13. The van der Waals surface area contributed by atoms with E-state index < -0.39 is 0 Å². The van der Waals surface area contributed by atoms with Crippen molar-refractivity contribution in [2.24, 2.45) is 0 Å². The van der Waals surface area contributed by atoms with E-state index in [1.165, 1.54) is 0 Å². The molecule has 0 spiro atoms. The molecule has 0 bridgehead atoms. The number of anilines is 1. The van der Waals surface area contributed by atoms with Crippen molar-refractivity contribution in [1.29, 1.82) is 0 Å². The summed E-state index contributed by atoms with van der Waals surface area (Å²) in [6.45, 7) is 2.15. The first-order chi connectivity index (χ1) is 10.9. The van der Waals surface area contributed by atoms with Crippen LogP contribution in [0.1, 0.15) is 12.8 Å². The molecule has 2 N–H and O–H groups in total. The van der Waals surface area contributed by atoms with Gasteiger partial charge in [0.15, 0.2) is 0 Å². The zero-order chi connectivity index (χ0) is 14.8. The highest BCUT2D eigenvalue weighted by atomic mass is 15.1.